The van der Waals surface area contributed by atoms with E-state index in [9.17, 15) is 33.6 Å². The molecule has 1 atom stereocenters. The van der Waals surface area contributed by atoms with E-state index < -0.39 is 0 Å². The number of nitrogens with zero attached hydrogens (tertiary/aromatic N) is 2. The van der Waals surface area contributed by atoms with Gasteiger partial charge in [-0.15, -0.1) is 0 Å². The number of hydrogen-bond donors (Lipinski definition) is 1. The normalized spacial score (nSPS) is 12.2. The second kappa shape index (κ2) is 42.6. The van der Waals surface area contributed by atoms with Gasteiger partial charge in [0.2, 0.25) is 34.7 Å². The van der Waals surface area contributed by atoms with Gasteiger partial charge in [0.05, 0.1) is 62.9 Å². The Hall–Kier alpha value is -8.71. The van der Waals surface area contributed by atoms with E-state index in [1.54, 1.807) is 0 Å². The highest BCUT2D eigenvalue weighted by molar-refractivity contribution is 7.98. The Morgan fingerprint density at radius 3 is 1.20 bits per heavy atom. The molecular weight excluding hydrogens is 1480 g/mol. The van der Waals surface area contributed by atoms with Gasteiger partial charge in [0, 0.05) is 91.8 Å². The van der Waals surface area contributed by atoms with Gasteiger partial charge >= 0.3 is 0 Å². The smallest absolute Gasteiger partial charge is 0.213 e. The van der Waals surface area contributed by atoms with Gasteiger partial charge in [-0.3, -0.25) is 33.6 Å². The molecule has 1 aliphatic heterocycles. The predicted octanol–water partition coefficient (Wildman–Crippen LogP) is 18.2. The predicted molar refractivity (Wildman–Crippen MR) is 485 cm³/mol. The van der Waals surface area contributed by atoms with Crippen LogP contribution >= 0.6 is 0 Å². The number of aliphatic hydroxyl groups excluding tert-OH is 1. The molecular formula is C94H104N2O8S6+6. The number of aromatic nitrogens is 2. The Bertz CT molecular complexity index is 5290. The van der Waals surface area contributed by atoms with E-state index in [2.05, 4.69) is 103 Å². The molecule has 0 saturated carbocycles. The lowest BCUT2D eigenvalue weighted by Gasteiger charge is -2.05. The molecule has 0 spiro atoms. The Morgan fingerprint density at radius 1 is 0.336 bits per heavy atom. The summed E-state index contributed by atoms with van der Waals surface area (Å²) in [5, 5.41) is 19.9. The number of rotatable bonds is 24. The molecule has 16 heteroatoms. The van der Waals surface area contributed by atoms with Crippen LogP contribution in [0.1, 0.15) is 105 Å². The monoisotopic (exact) mass is 1580 g/mol. The summed E-state index contributed by atoms with van der Waals surface area (Å²) in [6, 6.07) is 79.1. The number of carbonyl (C=O) groups excluding carboxylic acids is 7. The summed E-state index contributed by atoms with van der Waals surface area (Å²) >= 11 is 0. The average Bonchev–Trinajstić information content (AvgIpc) is 1.62. The summed E-state index contributed by atoms with van der Waals surface area (Å²) in [7, 11) is 0.856. The molecule has 568 valence electrons. The van der Waals surface area contributed by atoms with Crippen molar-refractivity contribution in [1.82, 2.24) is 9.13 Å². The fourth-order valence-electron chi connectivity index (χ4n) is 13.1. The molecule has 1 unspecified atom stereocenters. The van der Waals surface area contributed by atoms with Crippen LogP contribution in [0.3, 0.4) is 0 Å². The van der Waals surface area contributed by atoms with Crippen LogP contribution in [0, 0.1) is 0 Å². The first-order valence-corrected chi connectivity index (χ1v) is 49.5. The van der Waals surface area contributed by atoms with Crippen molar-refractivity contribution in [3.63, 3.8) is 0 Å². The highest BCUT2D eigenvalue weighted by Crippen LogP contribution is 2.28. The van der Waals surface area contributed by atoms with Crippen molar-refractivity contribution in [2.75, 3.05) is 115 Å². The van der Waals surface area contributed by atoms with E-state index in [0.717, 1.165) is 106 Å². The number of para-hydroxylation sites is 1. The third-order valence-electron chi connectivity index (χ3n) is 18.5. The van der Waals surface area contributed by atoms with Crippen molar-refractivity contribution >= 4 is 171 Å². The third kappa shape index (κ3) is 24.2. The molecule has 3 heterocycles. The molecule has 13 aromatic rings. The molecule has 1 N–H and O–H groups in total. The zero-order valence-electron chi connectivity index (χ0n) is 65.3. The fourth-order valence-corrected chi connectivity index (χ4v) is 19.1. The fraction of sp³-hybridized carbons (Fsp3) is 0.266. The summed E-state index contributed by atoms with van der Waals surface area (Å²) < 4.78 is 4.22. The molecule has 11 aromatic carbocycles. The van der Waals surface area contributed by atoms with Crippen LogP contribution in [0.5, 0.6) is 0 Å². The van der Waals surface area contributed by atoms with Gasteiger partial charge < -0.3 is 14.2 Å². The van der Waals surface area contributed by atoms with Crippen LogP contribution in [-0.2, 0) is 78.5 Å². The molecule has 0 amide bonds. The molecule has 1 aliphatic rings. The van der Waals surface area contributed by atoms with E-state index in [0.29, 0.717) is 62.3 Å². The van der Waals surface area contributed by atoms with Gasteiger partial charge in [0.1, 0.15) is 17.3 Å². The minimum atomic E-state index is -0.0431. The SMILES string of the molecule is CCn1cc(C(=O)C[S+](C)C)c2cc(C(=O)c3ccccc3)ccc21.CCn1cc(C(=O)C[S+](C)C)c2ccccc21.C[S+](C)CC(=O)c1ccc2ccccc2c1.C[S+](C)CC(=O)c1cccc2ccccc12.C[S+](CCO)CC(=O)c1cccc2ccccc12.O=C(C[S+]1CCCC1)c1ccc2ccccc2c1. The first-order chi connectivity index (χ1) is 53.0. The molecule has 0 bridgehead atoms. The lowest BCUT2D eigenvalue weighted by molar-refractivity contribution is 0.101. The summed E-state index contributed by atoms with van der Waals surface area (Å²) in [5.41, 5.74) is 8.41. The maximum absolute atomic E-state index is 12.7. The van der Waals surface area contributed by atoms with Crippen LogP contribution in [-0.4, -0.2) is 169 Å². The zero-order valence-corrected chi connectivity index (χ0v) is 70.2. The molecule has 0 aliphatic carbocycles. The summed E-state index contributed by atoms with van der Waals surface area (Å²) in [6.07, 6.45) is 25.3. The van der Waals surface area contributed by atoms with Gasteiger partial charge in [0.25, 0.3) is 0 Å². The van der Waals surface area contributed by atoms with Crippen molar-refractivity contribution in [2.45, 2.75) is 39.8 Å². The highest BCUT2D eigenvalue weighted by Gasteiger charge is 2.28. The summed E-state index contributed by atoms with van der Waals surface area (Å²) in [4.78, 5) is 86.1. The number of benzene rings is 11. The van der Waals surface area contributed by atoms with E-state index >= 15 is 0 Å². The third-order valence-corrected chi connectivity index (χ3v) is 25.9. The van der Waals surface area contributed by atoms with Gasteiger partial charge in [-0.2, -0.15) is 0 Å². The van der Waals surface area contributed by atoms with E-state index in [1.807, 2.05) is 231 Å². The Balaban J connectivity index is 0.000000153. The summed E-state index contributed by atoms with van der Waals surface area (Å²) in [6.45, 7) is 6.01. The van der Waals surface area contributed by atoms with Gasteiger partial charge in [-0.25, -0.2) is 0 Å². The van der Waals surface area contributed by atoms with Gasteiger partial charge in [-0.05, 0) is 172 Å². The first-order valence-electron chi connectivity index (χ1n) is 37.0. The van der Waals surface area contributed by atoms with E-state index in [4.69, 9.17) is 5.11 Å². The highest BCUT2D eigenvalue weighted by atomic mass is 32.2. The largest absolute Gasteiger partial charge is 0.391 e. The second-order valence-corrected chi connectivity index (χ2v) is 41.7. The van der Waals surface area contributed by atoms with Crippen molar-refractivity contribution in [3.8, 4) is 0 Å². The molecule has 110 heavy (non-hydrogen) atoms. The van der Waals surface area contributed by atoms with Crippen molar-refractivity contribution in [2.24, 2.45) is 0 Å². The van der Waals surface area contributed by atoms with Crippen LogP contribution < -0.4 is 0 Å². The van der Waals surface area contributed by atoms with Crippen molar-refractivity contribution in [1.29, 1.82) is 0 Å². The number of ketones is 7. The van der Waals surface area contributed by atoms with Crippen LogP contribution in [0.25, 0.3) is 64.9 Å². The number of Topliss-reactive ketones (excluding diaryl/α,β-unsaturated/α-hetero) is 6. The molecule has 1 saturated heterocycles. The quantitative estimate of drug-likeness (QED) is 0.0464. The van der Waals surface area contributed by atoms with Crippen molar-refractivity contribution < 1.29 is 38.7 Å². The molecule has 2 aromatic heterocycles. The maximum atomic E-state index is 12.7. The molecule has 14 rings (SSSR count). The number of hydrogen-bond acceptors (Lipinski definition) is 8. The number of aliphatic hydroxyl groups is 1. The molecule has 0 radical (unpaired) electrons. The van der Waals surface area contributed by atoms with Crippen LogP contribution in [0.15, 0.2) is 255 Å². The number of carbonyl (C=O) groups is 7. The lowest BCUT2D eigenvalue weighted by atomic mass is 10.0. The average molecular weight is 1580 g/mol. The van der Waals surface area contributed by atoms with E-state index in [1.165, 1.54) is 35.1 Å². The number of fused-ring (bicyclic) bond motifs is 6. The van der Waals surface area contributed by atoms with Crippen molar-refractivity contribution in [3.05, 3.63) is 300 Å². The van der Waals surface area contributed by atoms with Gasteiger partial charge in [-0.1, -0.05) is 206 Å². The van der Waals surface area contributed by atoms with Crippen LogP contribution in [0.4, 0.5) is 0 Å². The minimum absolute atomic E-state index is 0.0177. The summed E-state index contributed by atoms with van der Waals surface area (Å²) in [5.74, 6) is 8.40. The lowest BCUT2D eigenvalue weighted by Crippen LogP contribution is -2.20. The zero-order chi connectivity index (χ0) is 78.8. The van der Waals surface area contributed by atoms with Gasteiger partial charge in [0.15, 0.2) is 40.3 Å². The second-order valence-electron chi connectivity index (χ2n) is 28.1. The molecule has 1 fully saturated rings. The topological polar surface area (TPSA) is 150 Å². The number of aryl methyl sites for hydroxylation is 2. The van der Waals surface area contributed by atoms with E-state index in [-0.39, 0.29) is 95.8 Å². The maximum Gasteiger partial charge on any atom is 0.213 e. The minimum Gasteiger partial charge on any atom is -0.391 e. The standard InChI is InChI=1S/C21H22NO2S.C16H17OS.C15H17O2S.C14H18NOS.2C14H15OS/c1-4-22-13-18(20(23)14-25(2)3)17-12-16(10-11-19(17)22)21(24)15-8-6-5-7-9-15;17-16(12-18-9-3-4-10-18)15-8-7-13-5-1-2-6-14(13)11-15;1-18(10-9-16)11-15(17)14-8-4-6-12-5-2-3-7-13(12)14;1-4-15-9-12(14(16)10-17(2)3)11-7-5-6-8-13(11)15;1-16(2)10-14(15)13-9-5-7-11-6-3-4-8-12(11)13;1-16(2)10-14(15)13-8-7-11-5-3-4-6-12(11)9-13/h5-13H,4,14H2,1-3H3;1-2,5-8,11H,3-4,9-10,12H2;2-8,16H,9-11H2,1H3;5-9H,4,10H2,1-3H3;2*3-9H,10H2,1-2H3/q6*+1. The molecule has 10 nitrogen and oxygen atoms in total. The van der Waals surface area contributed by atoms with Crippen LogP contribution in [0.2, 0.25) is 0 Å². The first kappa shape index (κ1) is 85.3. The Kier molecular flexibility index (Phi) is 33.1. The Labute approximate surface area is 667 Å². The Morgan fingerprint density at radius 2 is 0.718 bits per heavy atom.